The van der Waals surface area contributed by atoms with E-state index in [-0.39, 0.29) is 41.1 Å². The van der Waals surface area contributed by atoms with Gasteiger partial charge in [0, 0.05) is 11.7 Å². The van der Waals surface area contributed by atoms with E-state index in [4.69, 9.17) is 13.9 Å². The molecule has 0 spiro atoms. The summed E-state index contributed by atoms with van der Waals surface area (Å²) in [7, 11) is 2.38. The number of piperazine rings is 1. The van der Waals surface area contributed by atoms with Crippen LogP contribution in [0.15, 0.2) is 41.0 Å². The summed E-state index contributed by atoms with van der Waals surface area (Å²) in [6.45, 7) is 0. The summed E-state index contributed by atoms with van der Waals surface area (Å²) in [6.07, 6.45) is 4.32. The lowest BCUT2D eigenvalue weighted by atomic mass is 9.85. The van der Waals surface area contributed by atoms with Crippen LogP contribution >= 0.6 is 0 Å². The minimum atomic E-state index is -1.06. The predicted octanol–water partition coefficient (Wildman–Crippen LogP) is 2.13. The molecule has 3 unspecified atom stereocenters. The van der Waals surface area contributed by atoms with Crippen LogP contribution in [0.4, 0.5) is 5.69 Å². The van der Waals surface area contributed by atoms with Gasteiger partial charge in [0.25, 0.3) is 5.91 Å². The second kappa shape index (κ2) is 10.6. The minimum Gasteiger partial charge on any atom is -0.465 e. The molecule has 2 N–H and O–H groups in total. The molecule has 1 aliphatic heterocycles. The molecule has 1 aromatic carbocycles. The van der Waals surface area contributed by atoms with E-state index in [1.807, 2.05) is 0 Å². The van der Waals surface area contributed by atoms with Crippen LogP contribution in [0.1, 0.15) is 63.4 Å². The average Bonchev–Trinajstić information content (AvgIpc) is 3.42. The zero-order valence-electron chi connectivity index (χ0n) is 19.9. The first-order chi connectivity index (χ1) is 17.3. The number of hydrogen-bond acceptors (Lipinski definition) is 8. The zero-order chi connectivity index (χ0) is 25.8. The molecule has 1 saturated heterocycles. The van der Waals surface area contributed by atoms with Crippen molar-refractivity contribution in [2.75, 3.05) is 19.5 Å². The lowest BCUT2D eigenvalue weighted by Crippen LogP contribution is -2.68. The average molecular weight is 498 g/mol. The third-order valence-corrected chi connectivity index (χ3v) is 6.46. The molecule has 4 rings (SSSR count). The van der Waals surface area contributed by atoms with Crippen molar-refractivity contribution in [1.82, 2.24) is 10.2 Å². The van der Waals surface area contributed by atoms with Crippen molar-refractivity contribution in [3.63, 3.8) is 0 Å². The topological polar surface area (TPSA) is 144 Å². The standard InChI is InChI=1S/C25H27N3O8/c1-34-24(32)14-10-15(25(33)35-2)12-16(11-14)26-21(29)13-19-22(30)27-17-6-3-4-7-18(17)28(19)23(31)20-8-5-9-36-20/h5,8-12,17-19H,3-4,6-7,13H2,1-2H3,(H,26,29)(H,27,30). The van der Waals surface area contributed by atoms with Crippen molar-refractivity contribution in [2.45, 2.75) is 50.2 Å². The summed E-state index contributed by atoms with van der Waals surface area (Å²) in [6, 6.07) is 5.57. The number of carbonyl (C=O) groups is 5. The second-order valence-corrected chi connectivity index (χ2v) is 8.71. The number of carbonyl (C=O) groups excluding carboxylic acids is 5. The van der Waals surface area contributed by atoms with Crippen molar-refractivity contribution in [1.29, 1.82) is 0 Å². The van der Waals surface area contributed by atoms with Gasteiger partial charge < -0.3 is 29.4 Å². The molecular weight excluding hydrogens is 470 g/mol. The number of rotatable bonds is 6. The molecule has 2 fully saturated rings. The number of furan rings is 1. The molecule has 1 aromatic heterocycles. The van der Waals surface area contributed by atoms with E-state index in [2.05, 4.69) is 10.6 Å². The zero-order valence-corrected chi connectivity index (χ0v) is 19.9. The number of esters is 2. The van der Waals surface area contributed by atoms with E-state index in [0.29, 0.717) is 6.42 Å². The number of ether oxygens (including phenoxy) is 2. The smallest absolute Gasteiger partial charge is 0.337 e. The van der Waals surface area contributed by atoms with Gasteiger partial charge in [-0.15, -0.1) is 0 Å². The molecule has 0 radical (unpaired) electrons. The van der Waals surface area contributed by atoms with E-state index in [0.717, 1.165) is 19.3 Å². The number of benzene rings is 1. The van der Waals surface area contributed by atoms with Crippen LogP contribution < -0.4 is 10.6 Å². The molecule has 11 heteroatoms. The van der Waals surface area contributed by atoms with Crippen LogP contribution in [0.5, 0.6) is 0 Å². The van der Waals surface area contributed by atoms with Crippen molar-refractivity contribution >= 4 is 35.3 Å². The quantitative estimate of drug-likeness (QED) is 0.578. The van der Waals surface area contributed by atoms with Gasteiger partial charge in [-0.05, 0) is 43.2 Å². The Morgan fingerprint density at radius 3 is 2.33 bits per heavy atom. The summed E-state index contributed by atoms with van der Waals surface area (Å²) in [5, 5.41) is 5.58. The van der Waals surface area contributed by atoms with Crippen LogP contribution in [0, 0.1) is 0 Å². The van der Waals surface area contributed by atoms with Gasteiger partial charge in [-0.25, -0.2) is 9.59 Å². The first-order valence-electron chi connectivity index (χ1n) is 11.6. The Morgan fingerprint density at radius 2 is 1.72 bits per heavy atom. The fourth-order valence-electron chi connectivity index (χ4n) is 4.82. The van der Waals surface area contributed by atoms with Gasteiger partial charge >= 0.3 is 11.9 Å². The molecule has 11 nitrogen and oxygen atoms in total. The van der Waals surface area contributed by atoms with E-state index in [1.165, 1.54) is 49.6 Å². The highest BCUT2D eigenvalue weighted by Crippen LogP contribution is 2.31. The summed E-state index contributed by atoms with van der Waals surface area (Å²) < 4.78 is 14.7. The number of amides is 3. The first kappa shape index (κ1) is 25.0. The molecule has 1 saturated carbocycles. The Bertz CT molecular complexity index is 1140. The Balaban J connectivity index is 1.59. The predicted molar refractivity (Wildman–Crippen MR) is 125 cm³/mol. The van der Waals surface area contributed by atoms with Gasteiger partial charge in [0.05, 0.1) is 44.1 Å². The highest BCUT2D eigenvalue weighted by Gasteiger charge is 2.46. The van der Waals surface area contributed by atoms with Gasteiger partial charge in [0.15, 0.2) is 5.76 Å². The molecule has 2 heterocycles. The van der Waals surface area contributed by atoms with E-state index < -0.39 is 35.7 Å². The Labute approximate surface area is 207 Å². The lowest BCUT2D eigenvalue weighted by Gasteiger charge is -2.47. The molecule has 2 aliphatic rings. The number of nitrogens with zero attached hydrogens (tertiary/aromatic N) is 1. The number of anilines is 1. The Morgan fingerprint density at radius 1 is 1.06 bits per heavy atom. The van der Waals surface area contributed by atoms with E-state index in [9.17, 15) is 24.0 Å². The largest absolute Gasteiger partial charge is 0.465 e. The second-order valence-electron chi connectivity index (χ2n) is 8.71. The van der Waals surface area contributed by atoms with Gasteiger partial charge in [-0.3, -0.25) is 14.4 Å². The van der Waals surface area contributed by atoms with Gasteiger partial charge in [0.2, 0.25) is 11.8 Å². The monoisotopic (exact) mass is 497 g/mol. The molecule has 3 amide bonds. The van der Waals surface area contributed by atoms with Crippen molar-refractivity contribution in [3.05, 3.63) is 53.5 Å². The fourth-order valence-corrected chi connectivity index (χ4v) is 4.82. The lowest BCUT2D eigenvalue weighted by molar-refractivity contribution is -0.135. The number of methoxy groups -OCH3 is 2. The van der Waals surface area contributed by atoms with Gasteiger partial charge in [-0.1, -0.05) is 12.8 Å². The van der Waals surface area contributed by atoms with Crippen molar-refractivity contribution < 1.29 is 37.9 Å². The molecular formula is C25H27N3O8. The summed E-state index contributed by atoms with van der Waals surface area (Å²) in [5.74, 6) is -2.78. The Kier molecular flexibility index (Phi) is 7.37. The third kappa shape index (κ3) is 5.09. The first-order valence-corrected chi connectivity index (χ1v) is 11.6. The third-order valence-electron chi connectivity index (χ3n) is 6.46. The molecule has 190 valence electrons. The summed E-state index contributed by atoms with van der Waals surface area (Å²) >= 11 is 0. The van der Waals surface area contributed by atoms with Crippen molar-refractivity contribution in [3.8, 4) is 0 Å². The highest BCUT2D eigenvalue weighted by molar-refractivity contribution is 6.02. The summed E-state index contributed by atoms with van der Waals surface area (Å²) in [4.78, 5) is 65.0. The molecule has 3 atom stereocenters. The Hall–Kier alpha value is -4.15. The number of fused-ring (bicyclic) bond motifs is 1. The normalized spacial score (nSPS) is 21.1. The van der Waals surface area contributed by atoms with Crippen LogP contribution in [0.3, 0.4) is 0 Å². The van der Waals surface area contributed by atoms with Crippen LogP contribution in [-0.2, 0) is 19.1 Å². The maximum absolute atomic E-state index is 13.3. The minimum absolute atomic E-state index is 0.0331. The molecule has 0 bridgehead atoms. The van der Waals surface area contributed by atoms with Crippen LogP contribution in [0.2, 0.25) is 0 Å². The van der Waals surface area contributed by atoms with Crippen molar-refractivity contribution in [2.24, 2.45) is 0 Å². The fraction of sp³-hybridized carbons (Fsp3) is 0.400. The highest BCUT2D eigenvalue weighted by atomic mass is 16.5. The van der Waals surface area contributed by atoms with Gasteiger partial charge in [0.1, 0.15) is 6.04 Å². The van der Waals surface area contributed by atoms with Crippen LogP contribution in [0.25, 0.3) is 0 Å². The van der Waals surface area contributed by atoms with E-state index >= 15 is 0 Å². The molecule has 36 heavy (non-hydrogen) atoms. The SMILES string of the molecule is COC(=O)c1cc(NC(=O)CC2C(=O)NC3CCCCC3N2C(=O)c2ccco2)cc(C(=O)OC)c1. The molecule has 2 aromatic rings. The number of nitrogens with one attached hydrogen (secondary N) is 2. The maximum atomic E-state index is 13.3. The number of hydrogen-bond donors (Lipinski definition) is 2. The van der Waals surface area contributed by atoms with Crippen LogP contribution in [-0.4, -0.2) is 66.9 Å². The summed E-state index contributed by atoms with van der Waals surface area (Å²) in [5.41, 5.74) is 0.204. The molecule has 1 aliphatic carbocycles. The maximum Gasteiger partial charge on any atom is 0.337 e. The van der Waals surface area contributed by atoms with Gasteiger partial charge in [-0.2, -0.15) is 0 Å². The van der Waals surface area contributed by atoms with E-state index in [1.54, 1.807) is 6.07 Å².